The number of likely N-dealkylation sites (N-methyl/N-ethyl adjacent to an activating group) is 1. The summed E-state index contributed by atoms with van der Waals surface area (Å²) in [5.74, 6) is -0.950. The smallest absolute Gasteiger partial charge is 0.159 e. The third-order valence-corrected chi connectivity index (χ3v) is 4.85. The van der Waals surface area contributed by atoms with Gasteiger partial charge < -0.3 is 14.5 Å². The number of nitrogens with zero attached hydrogens (tertiary/aromatic N) is 2. The topological polar surface area (TPSA) is 15.7 Å². The van der Waals surface area contributed by atoms with Gasteiger partial charge >= 0.3 is 0 Å². The molecule has 26 heavy (non-hydrogen) atoms. The fourth-order valence-corrected chi connectivity index (χ4v) is 3.13. The first kappa shape index (κ1) is 18.8. The molecule has 140 valence electrons. The minimum absolute atomic E-state index is 0.222. The van der Waals surface area contributed by atoms with E-state index < -0.39 is 11.6 Å². The van der Waals surface area contributed by atoms with Crippen molar-refractivity contribution in [3.63, 3.8) is 0 Å². The maximum Gasteiger partial charge on any atom is 0.159 e. The predicted octanol–water partition coefficient (Wildman–Crippen LogP) is 3.72. The SMILES string of the molecule is CN1CCN(CCCc2ccc(OCc3ccc(F)c(F)c3)cc2)CC1. The molecule has 3 rings (SSSR count). The number of aryl methyl sites for hydroxylation is 1. The Morgan fingerprint density at radius 1 is 0.885 bits per heavy atom. The Morgan fingerprint density at radius 3 is 2.27 bits per heavy atom. The van der Waals surface area contributed by atoms with Gasteiger partial charge in [0.15, 0.2) is 11.6 Å². The number of halogens is 2. The summed E-state index contributed by atoms with van der Waals surface area (Å²) in [6.07, 6.45) is 2.20. The van der Waals surface area contributed by atoms with Gasteiger partial charge in [-0.05, 0) is 61.8 Å². The van der Waals surface area contributed by atoms with Crippen molar-refractivity contribution >= 4 is 0 Å². The summed E-state index contributed by atoms with van der Waals surface area (Å²) in [5, 5.41) is 0. The van der Waals surface area contributed by atoms with E-state index in [1.54, 1.807) is 0 Å². The molecule has 0 radical (unpaired) electrons. The molecule has 2 aromatic carbocycles. The number of benzene rings is 2. The summed E-state index contributed by atoms with van der Waals surface area (Å²) in [6, 6.07) is 11.8. The van der Waals surface area contributed by atoms with Gasteiger partial charge in [-0.1, -0.05) is 18.2 Å². The molecule has 0 bridgehead atoms. The second kappa shape index (κ2) is 9.10. The highest BCUT2D eigenvalue weighted by atomic mass is 19.2. The number of hydrogen-bond acceptors (Lipinski definition) is 3. The molecule has 0 spiro atoms. The van der Waals surface area contributed by atoms with Crippen molar-refractivity contribution < 1.29 is 13.5 Å². The Labute approximate surface area is 154 Å². The van der Waals surface area contributed by atoms with Gasteiger partial charge in [0.1, 0.15) is 12.4 Å². The number of rotatable bonds is 7. The van der Waals surface area contributed by atoms with Gasteiger partial charge in [0.2, 0.25) is 0 Å². The lowest BCUT2D eigenvalue weighted by Crippen LogP contribution is -2.44. The molecule has 1 saturated heterocycles. The van der Waals surface area contributed by atoms with E-state index in [9.17, 15) is 8.78 Å². The fraction of sp³-hybridized carbons (Fsp3) is 0.429. The Morgan fingerprint density at radius 2 is 1.58 bits per heavy atom. The van der Waals surface area contributed by atoms with Crippen LogP contribution in [0.2, 0.25) is 0 Å². The van der Waals surface area contributed by atoms with Crippen LogP contribution in [0, 0.1) is 11.6 Å². The van der Waals surface area contributed by atoms with Crippen LogP contribution >= 0.6 is 0 Å². The maximum absolute atomic E-state index is 13.2. The molecule has 0 saturated carbocycles. The van der Waals surface area contributed by atoms with Gasteiger partial charge in [0, 0.05) is 26.2 Å². The highest BCUT2D eigenvalue weighted by molar-refractivity contribution is 5.28. The minimum Gasteiger partial charge on any atom is -0.489 e. The highest BCUT2D eigenvalue weighted by Gasteiger charge is 2.12. The molecule has 0 unspecified atom stereocenters. The zero-order valence-electron chi connectivity index (χ0n) is 15.3. The highest BCUT2D eigenvalue weighted by Crippen LogP contribution is 2.16. The van der Waals surface area contributed by atoms with Crippen LogP contribution in [0.5, 0.6) is 5.75 Å². The minimum atomic E-state index is -0.846. The molecule has 5 heteroatoms. The first-order chi connectivity index (χ1) is 12.6. The van der Waals surface area contributed by atoms with Crippen LogP contribution in [0.3, 0.4) is 0 Å². The van der Waals surface area contributed by atoms with Gasteiger partial charge in [0.25, 0.3) is 0 Å². The normalized spacial score (nSPS) is 16.0. The predicted molar refractivity (Wildman–Crippen MR) is 99.4 cm³/mol. The summed E-state index contributed by atoms with van der Waals surface area (Å²) in [7, 11) is 2.17. The van der Waals surface area contributed by atoms with Crippen molar-refractivity contribution in [1.82, 2.24) is 9.80 Å². The van der Waals surface area contributed by atoms with Gasteiger partial charge in [-0.3, -0.25) is 0 Å². The molecule has 3 nitrogen and oxygen atoms in total. The van der Waals surface area contributed by atoms with E-state index in [4.69, 9.17) is 4.74 Å². The molecule has 1 aliphatic rings. The van der Waals surface area contributed by atoms with E-state index in [1.807, 2.05) is 12.1 Å². The fourth-order valence-electron chi connectivity index (χ4n) is 3.13. The molecular formula is C21H26F2N2O. The van der Waals surface area contributed by atoms with Crippen molar-refractivity contribution in [2.45, 2.75) is 19.4 Å². The summed E-state index contributed by atoms with van der Waals surface area (Å²) in [4.78, 5) is 4.90. The lowest BCUT2D eigenvalue weighted by Gasteiger charge is -2.32. The maximum atomic E-state index is 13.2. The van der Waals surface area contributed by atoms with Gasteiger partial charge in [-0.15, -0.1) is 0 Å². The average Bonchev–Trinajstić information content (AvgIpc) is 2.65. The Balaban J connectivity index is 1.41. The van der Waals surface area contributed by atoms with E-state index >= 15 is 0 Å². The van der Waals surface area contributed by atoms with Crippen LogP contribution in [-0.4, -0.2) is 49.6 Å². The van der Waals surface area contributed by atoms with Crippen molar-refractivity contribution in [3.8, 4) is 5.75 Å². The molecule has 0 N–H and O–H groups in total. The molecule has 2 aromatic rings. The monoisotopic (exact) mass is 360 g/mol. The van der Waals surface area contributed by atoms with Gasteiger partial charge in [-0.25, -0.2) is 8.78 Å². The van der Waals surface area contributed by atoms with Crippen LogP contribution in [0.4, 0.5) is 8.78 Å². The second-order valence-electron chi connectivity index (χ2n) is 6.93. The summed E-state index contributed by atoms with van der Waals surface area (Å²) >= 11 is 0. The van der Waals surface area contributed by atoms with E-state index in [0.717, 1.165) is 57.4 Å². The lowest BCUT2D eigenvalue weighted by atomic mass is 10.1. The van der Waals surface area contributed by atoms with Gasteiger partial charge in [0.05, 0.1) is 0 Å². The molecular weight excluding hydrogens is 334 g/mol. The van der Waals surface area contributed by atoms with Crippen LogP contribution in [0.25, 0.3) is 0 Å². The molecule has 0 aromatic heterocycles. The number of ether oxygens (including phenoxy) is 1. The third-order valence-electron chi connectivity index (χ3n) is 4.85. The van der Waals surface area contributed by atoms with Crippen LogP contribution in [-0.2, 0) is 13.0 Å². The number of piperazine rings is 1. The zero-order valence-corrected chi connectivity index (χ0v) is 15.3. The van der Waals surface area contributed by atoms with Crippen molar-refractivity contribution in [2.24, 2.45) is 0 Å². The van der Waals surface area contributed by atoms with E-state index in [2.05, 4.69) is 29.0 Å². The van der Waals surface area contributed by atoms with Crippen LogP contribution in [0.15, 0.2) is 42.5 Å². The summed E-state index contributed by atoms with van der Waals surface area (Å²) in [5.41, 5.74) is 1.90. The molecule has 1 heterocycles. The van der Waals surface area contributed by atoms with Crippen molar-refractivity contribution in [1.29, 1.82) is 0 Å². The molecule has 1 aliphatic heterocycles. The third kappa shape index (κ3) is 5.51. The molecule has 0 aliphatic carbocycles. The Hall–Kier alpha value is -1.98. The Bertz CT molecular complexity index is 698. The average molecular weight is 360 g/mol. The quantitative estimate of drug-likeness (QED) is 0.748. The lowest BCUT2D eigenvalue weighted by molar-refractivity contribution is 0.153. The molecule has 0 atom stereocenters. The second-order valence-corrected chi connectivity index (χ2v) is 6.93. The standard InChI is InChI=1S/C21H26F2N2O/c1-24-11-13-25(14-12-24)10-2-3-17-4-7-19(8-5-17)26-16-18-6-9-20(22)21(23)15-18/h4-9,15H,2-3,10-14,16H2,1H3. The zero-order chi connectivity index (χ0) is 18.4. The Kier molecular flexibility index (Phi) is 6.58. The van der Waals surface area contributed by atoms with Crippen molar-refractivity contribution in [2.75, 3.05) is 39.8 Å². The first-order valence-electron chi connectivity index (χ1n) is 9.17. The number of hydrogen-bond donors (Lipinski definition) is 0. The van der Waals surface area contributed by atoms with E-state index in [0.29, 0.717) is 5.56 Å². The largest absolute Gasteiger partial charge is 0.489 e. The van der Waals surface area contributed by atoms with E-state index in [1.165, 1.54) is 17.7 Å². The van der Waals surface area contributed by atoms with E-state index in [-0.39, 0.29) is 6.61 Å². The van der Waals surface area contributed by atoms with Crippen LogP contribution < -0.4 is 4.74 Å². The van der Waals surface area contributed by atoms with Crippen molar-refractivity contribution in [3.05, 3.63) is 65.2 Å². The van der Waals surface area contributed by atoms with Crippen LogP contribution in [0.1, 0.15) is 17.5 Å². The van der Waals surface area contributed by atoms with Gasteiger partial charge in [-0.2, -0.15) is 0 Å². The summed E-state index contributed by atoms with van der Waals surface area (Å²) < 4.78 is 31.8. The summed E-state index contributed by atoms with van der Waals surface area (Å²) in [6.45, 7) is 6.00. The molecule has 0 amide bonds. The first-order valence-corrected chi connectivity index (χ1v) is 9.17. The molecule has 1 fully saturated rings.